The third-order valence-electron chi connectivity index (χ3n) is 21.6. The van der Waals surface area contributed by atoms with Gasteiger partial charge in [0.25, 0.3) is 17.4 Å². The van der Waals surface area contributed by atoms with Crippen LogP contribution in [0.25, 0.3) is 11.2 Å². The quantitative estimate of drug-likeness (QED) is 0.00976. The van der Waals surface area contributed by atoms with Crippen molar-refractivity contribution in [1.29, 1.82) is 0 Å². The molecule has 56 nitrogen and oxygen atoms in total. The van der Waals surface area contributed by atoms with Gasteiger partial charge in [-0.05, 0) is 87.6 Å². The lowest BCUT2D eigenvalue weighted by molar-refractivity contribution is -0.140. The fourth-order valence-corrected chi connectivity index (χ4v) is 15.6. The SMILES string of the molecule is CC(C)C[C@H](NC(=O)[C@H](Cc1ccccc1)NC(=O)c1cnc(CSSC[C@@H](C)NC(=O)[C@H](CCC(=O)NC[C@H](O)[C@@H](O)[C@H](O)[C@H](O)CO)NC(=O)[C@H](CCC(=O)O)NC(=O)[C@H](CCC(=O)NC[C@H](O)[C@@H](O)[C@H](O)[C@H](O)CO)NC(=O)[C@H](CCC(=O)O)NC(=O)[C@H](CCC(=O)NC[C@H](O)[C@@H](O)[C@H](O)[C@H](O)CO)NC(=O)CC[C@H](NC(=O)c2ccc(NCc3cnc4nc(N)[nH]c(=O)c4n3)cc2)C(=O)O)cn1)B(O)O. The van der Waals surface area contributed by atoms with E-state index in [0.717, 1.165) is 17.0 Å². The number of carboxylic acids is 3. The number of aliphatic hydroxyl groups is 15. The van der Waals surface area contributed by atoms with Gasteiger partial charge in [0.1, 0.15) is 103 Å². The van der Waals surface area contributed by atoms with Crippen molar-refractivity contribution in [2.45, 2.75) is 250 Å². The Hall–Kier alpha value is -12.5. The zero-order chi connectivity index (χ0) is 107. The number of hydrogen-bond acceptors (Lipinski definition) is 42. The van der Waals surface area contributed by atoms with Crippen LogP contribution < -0.4 is 80.4 Å². The molecule has 0 radical (unpaired) electrons. The standard InChI is InChI=1S/C85H125BN20O36S2/c1-39(2)25-60(86(141)142)104-81(136)52(26-41-7-5-4-6-8-41)103-82(137)53-30-89-45(29-90-53)38-144-143-37-40(3)95-76(131)47(14-20-62(117)92-32-55(111)69(125)72(128)58(114)35-108)98-79(134)50(18-24-66(122)123)101-78(133)48(15-21-63(118)93-33-56(112)70(126)73(129)59(115)36-109)99-80(135)49(17-23-65(120)121)100-77(132)46(13-19-61(116)91-31-54(110)68(124)71(127)57(113)34-107)97-64(119)22-16-51(84(139)140)102-75(130)42-9-11-43(12-10-42)88-27-44-28-94-74-67(96-44)83(138)106-85(87)105-74/h4-12,28-30,39-40,46-52,54-60,68-73,88,107-115,124-129,141-142H,13-27,31-38H2,1-3H3,(H,91,116)(H,92,117)(H,93,118)(H,95,131)(H,97,119)(H,98,134)(H,99,135)(H,100,132)(H,101,133)(H,102,130)(H,103,137)(H,104,136)(H,120,121)(H,122,123)(H,139,140)(H3,87,94,105,106,138)/t40-,46+,47+,48+,49+,50+,51+,52+,54+,55+,56+,57-,58-,59-,60+,68-,69-,70-,71-,72-,73-/m1/s1. The minimum atomic E-state index is -2.25. The topological polar surface area (TPSA) is 940 Å². The van der Waals surface area contributed by atoms with Gasteiger partial charge in [-0.3, -0.25) is 81.9 Å². The average molecular weight is 2080 g/mol. The number of nitrogen functional groups attached to an aromatic ring is 1. The van der Waals surface area contributed by atoms with Crippen LogP contribution in [0.3, 0.4) is 0 Å². The first-order valence-electron chi connectivity index (χ1n) is 45.0. The van der Waals surface area contributed by atoms with Gasteiger partial charge in [0.15, 0.2) is 11.2 Å². The third kappa shape index (κ3) is 42.8. The molecule has 3 heterocycles. The van der Waals surface area contributed by atoms with E-state index in [0.29, 0.717) is 16.9 Å². The molecule has 0 fully saturated rings. The number of aliphatic carboxylic acids is 3. The van der Waals surface area contributed by atoms with Gasteiger partial charge in [-0.25, -0.2) is 19.7 Å². The van der Waals surface area contributed by atoms with E-state index >= 15 is 0 Å². The van der Waals surface area contributed by atoms with Crippen molar-refractivity contribution >= 4 is 140 Å². The second kappa shape index (κ2) is 62.2. The Morgan fingerprint density at radius 1 is 0.431 bits per heavy atom. The van der Waals surface area contributed by atoms with Crippen molar-refractivity contribution < 1.29 is 174 Å². The number of carbonyl (C=O) groups excluding carboxylic acids is 12. The van der Waals surface area contributed by atoms with Gasteiger partial charge in [0.2, 0.25) is 65.0 Å². The zero-order valence-electron chi connectivity index (χ0n) is 78.1. The van der Waals surface area contributed by atoms with E-state index in [-0.39, 0.29) is 70.9 Å². The van der Waals surface area contributed by atoms with E-state index < -0.39 is 346 Å². The highest BCUT2D eigenvalue weighted by Gasteiger charge is 2.39. The van der Waals surface area contributed by atoms with E-state index in [1.165, 1.54) is 54.4 Å². The molecule has 0 spiro atoms. The Morgan fingerprint density at radius 3 is 1.26 bits per heavy atom. The molecule has 0 saturated carbocycles. The number of benzene rings is 2. The second-order valence-corrected chi connectivity index (χ2v) is 36.2. The third-order valence-corrected chi connectivity index (χ3v) is 24.1. The Bertz CT molecular complexity index is 5100. The summed E-state index contributed by atoms with van der Waals surface area (Å²) in [6.45, 7) is -0.874. The van der Waals surface area contributed by atoms with Gasteiger partial charge in [-0.2, -0.15) is 4.98 Å². The van der Waals surface area contributed by atoms with E-state index in [1.807, 2.05) is 13.8 Å². The largest absolute Gasteiger partial charge is 0.481 e. The molecule has 796 valence electrons. The summed E-state index contributed by atoms with van der Waals surface area (Å²) < 4.78 is 0. The number of amides is 12. The smallest absolute Gasteiger partial charge is 0.475 e. The van der Waals surface area contributed by atoms with Crippen molar-refractivity contribution in [2.75, 3.05) is 56.3 Å². The summed E-state index contributed by atoms with van der Waals surface area (Å²) in [6.07, 6.45) is -32.1. The van der Waals surface area contributed by atoms with Crippen LogP contribution in [0.5, 0.6) is 0 Å². The lowest BCUT2D eigenvalue weighted by Crippen LogP contribution is -2.59. The number of hydrogen-bond donors (Lipinski definition) is 35. The Balaban J connectivity index is 1.43. The first-order valence-corrected chi connectivity index (χ1v) is 47.5. The summed E-state index contributed by atoms with van der Waals surface area (Å²) >= 11 is 0. The van der Waals surface area contributed by atoms with Crippen molar-refractivity contribution in [1.82, 2.24) is 93.7 Å². The molecule has 0 aliphatic carbocycles. The number of aromatic amines is 1. The maximum Gasteiger partial charge on any atom is 0.475 e. The van der Waals surface area contributed by atoms with Gasteiger partial charge in [0.05, 0.1) is 80.6 Å². The minimum Gasteiger partial charge on any atom is -0.481 e. The maximum atomic E-state index is 15.0. The molecule has 0 aliphatic rings. The number of carbonyl (C=O) groups is 15. The van der Waals surface area contributed by atoms with Crippen LogP contribution in [0, 0.1) is 5.92 Å². The number of nitrogens with one attached hydrogen (secondary N) is 14. The molecule has 5 rings (SSSR count). The molecule has 36 N–H and O–H groups in total. The summed E-state index contributed by atoms with van der Waals surface area (Å²) in [6, 6.07) is -0.509. The molecule has 0 aliphatic heterocycles. The normalized spacial score (nSPS) is 15.8. The van der Waals surface area contributed by atoms with Gasteiger partial charge in [-0.1, -0.05) is 65.8 Å². The lowest BCUT2D eigenvalue weighted by Gasteiger charge is -2.28. The molecule has 0 unspecified atom stereocenters. The number of carboxylic acid groups (broad SMARTS) is 3. The van der Waals surface area contributed by atoms with Crippen molar-refractivity contribution in [3.63, 3.8) is 0 Å². The fraction of sp³-hybridized carbons (Fsp3) is 0.565. The number of anilines is 2. The van der Waals surface area contributed by atoms with Crippen LogP contribution in [0.4, 0.5) is 11.6 Å². The van der Waals surface area contributed by atoms with Gasteiger partial charge in [-0.15, -0.1) is 0 Å². The van der Waals surface area contributed by atoms with Crippen LogP contribution in [0.2, 0.25) is 0 Å². The summed E-state index contributed by atoms with van der Waals surface area (Å²) in [5, 5.41) is 232. The van der Waals surface area contributed by atoms with Gasteiger partial charge < -0.3 is 177 Å². The van der Waals surface area contributed by atoms with E-state index in [9.17, 15) is 179 Å². The maximum absolute atomic E-state index is 15.0. The summed E-state index contributed by atoms with van der Waals surface area (Å²) in [5.74, 6) is -20.3. The molecule has 144 heavy (non-hydrogen) atoms. The second-order valence-electron chi connectivity index (χ2n) is 33.7. The number of fused-ring (bicyclic) bond motifs is 1. The highest BCUT2D eigenvalue weighted by atomic mass is 33.1. The van der Waals surface area contributed by atoms with Gasteiger partial charge in [0, 0.05) is 93.4 Å². The highest BCUT2D eigenvalue weighted by Crippen LogP contribution is 2.26. The Labute approximate surface area is 828 Å². The zero-order valence-corrected chi connectivity index (χ0v) is 79.7. The van der Waals surface area contributed by atoms with Crippen molar-refractivity contribution in [2.24, 2.45) is 5.92 Å². The Morgan fingerprint density at radius 2 is 0.840 bits per heavy atom. The van der Waals surface area contributed by atoms with E-state index in [2.05, 4.69) is 99.0 Å². The van der Waals surface area contributed by atoms with Crippen molar-refractivity contribution in [3.05, 3.63) is 112 Å². The molecule has 12 amide bonds. The first kappa shape index (κ1) is 122. The number of rotatable bonds is 67. The predicted octanol–water partition coefficient (Wildman–Crippen LogP) is -12.2. The number of aromatic nitrogens is 6. The van der Waals surface area contributed by atoms with E-state index in [1.54, 1.807) is 30.3 Å². The number of nitrogens with two attached hydrogens (primary N) is 1. The molecule has 59 heteroatoms. The molecular weight excluding hydrogens is 1950 g/mol. The minimum absolute atomic E-state index is 0.00462. The molecule has 0 saturated heterocycles. The van der Waals surface area contributed by atoms with E-state index in [4.69, 9.17) is 5.73 Å². The van der Waals surface area contributed by atoms with Crippen LogP contribution in [0.1, 0.15) is 142 Å². The van der Waals surface area contributed by atoms with Gasteiger partial charge >= 0.3 is 25.0 Å². The van der Waals surface area contributed by atoms with Crippen LogP contribution in [-0.2, 0) is 81.0 Å². The molecule has 21 atom stereocenters. The summed E-state index contributed by atoms with van der Waals surface area (Å²) in [7, 11) is 0.396. The van der Waals surface area contributed by atoms with Crippen LogP contribution >= 0.6 is 21.6 Å². The molecule has 5 aromatic rings. The van der Waals surface area contributed by atoms with Crippen molar-refractivity contribution in [3.8, 4) is 0 Å². The molecule has 3 aromatic heterocycles. The molecule has 2 aromatic carbocycles. The monoisotopic (exact) mass is 2080 g/mol. The lowest BCUT2D eigenvalue weighted by atomic mass is 9.75. The van der Waals surface area contributed by atoms with Crippen LogP contribution in [-0.4, -0.2) is 401 Å². The fourth-order valence-electron chi connectivity index (χ4n) is 13.3. The summed E-state index contributed by atoms with van der Waals surface area (Å²) in [4.78, 5) is 242. The Kier molecular flexibility index (Phi) is 52.7. The number of aliphatic hydroxyl groups excluding tert-OH is 15. The number of nitrogens with zero attached hydrogens (tertiary/aromatic N) is 5. The molecule has 0 bridgehead atoms. The summed E-state index contributed by atoms with van der Waals surface area (Å²) in [5.41, 5.74) is 6.13. The molecular formula is C85H125BN20O36S2. The predicted molar refractivity (Wildman–Crippen MR) is 504 cm³/mol. The first-order chi connectivity index (χ1) is 68.0. The van der Waals surface area contributed by atoms with Crippen LogP contribution in [0.15, 0.2) is 78.0 Å². The number of H-pyrrole nitrogens is 1. The average Bonchev–Trinajstić information content (AvgIpc) is 0.804. The highest BCUT2D eigenvalue weighted by molar-refractivity contribution is 8.76.